The van der Waals surface area contributed by atoms with Gasteiger partial charge in [0.2, 0.25) is 0 Å². The quantitative estimate of drug-likeness (QED) is 0.891. The summed E-state index contributed by atoms with van der Waals surface area (Å²) in [5.74, 6) is 2.79. The topological polar surface area (TPSA) is 41.9 Å². The number of rotatable bonds is 3. The molecule has 2 aliphatic heterocycles. The molecule has 1 aromatic rings. The number of hydrogen-bond acceptors (Lipinski definition) is 4. The predicted octanol–water partition coefficient (Wildman–Crippen LogP) is 3.09. The smallest absolute Gasteiger partial charge is 0.168 e. The lowest BCUT2D eigenvalue weighted by Gasteiger charge is -2.63. The van der Waals surface area contributed by atoms with Crippen molar-refractivity contribution in [1.82, 2.24) is 4.90 Å². The lowest BCUT2D eigenvalue weighted by molar-refractivity contribution is -0.172. The number of piperidine rings is 1. The van der Waals surface area contributed by atoms with Gasteiger partial charge in [-0.3, -0.25) is 4.90 Å². The molecule has 3 aliphatic carbocycles. The van der Waals surface area contributed by atoms with Crippen LogP contribution >= 0.6 is 0 Å². The van der Waals surface area contributed by atoms with E-state index >= 15 is 0 Å². The zero-order chi connectivity index (χ0) is 18.6. The van der Waals surface area contributed by atoms with Gasteiger partial charge in [-0.05, 0) is 68.7 Å². The van der Waals surface area contributed by atoms with Gasteiger partial charge in [0.15, 0.2) is 6.10 Å². The number of ether oxygens (including phenoxy) is 2. The van der Waals surface area contributed by atoms with Crippen molar-refractivity contribution < 1.29 is 14.6 Å². The second kappa shape index (κ2) is 5.09. The summed E-state index contributed by atoms with van der Waals surface area (Å²) in [5, 5.41) is 12.4. The van der Waals surface area contributed by atoms with Crippen LogP contribution in [0.15, 0.2) is 23.5 Å². The number of benzene rings is 1. The molecule has 2 heterocycles. The van der Waals surface area contributed by atoms with Crippen LogP contribution in [0.25, 0.3) is 0 Å². The van der Waals surface area contributed by atoms with E-state index in [-0.39, 0.29) is 17.6 Å². The molecule has 0 unspecified atom stereocenters. The van der Waals surface area contributed by atoms with E-state index in [1.165, 1.54) is 29.5 Å². The van der Waals surface area contributed by atoms with Crippen molar-refractivity contribution in [3.8, 4) is 5.75 Å². The first-order chi connectivity index (χ1) is 13.0. The minimum Gasteiger partial charge on any atom is -0.497 e. The van der Waals surface area contributed by atoms with Gasteiger partial charge in [-0.15, -0.1) is 0 Å². The molecule has 144 valence electrons. The van der Waals surface area contributed by atoms with Crippen LogP contribution in [0.4, 0.5) is 0 Å². The highest BCUT2D eigenvalue weighted by Crippen LogP contribution is 2.65. The summed E-state index contributed by atoms with van der Waals surface area (Å²) in [4.78, 5) is 2.60. The second-order valence-electron chi connectivity index (χ2n) is 9.57. The number of methoxy groups -OCH3 is 1. The Hall–Kier alpha value is -1.52. The molecule has 2 fully saturated rings. The Morgan fingerprint density at radius 2 is 2.11 bits per heavy atom. The minimum absolute atomic E-state index is 0.174. The summed E-state index contributed by atoms with van der Waals surface area (Å²) < 4.78 is 12.5. The zero-order valence-electron chi connectivity index (χ0n) is 16.5. The first-order valence-electron chi connectivity index (χ1n) is 10.5. The molecule has 2 bridgehead atoms. The maximum atomic E-state index is 12.4. The number of likely N-dealkylation sites (tertiary alicyclic amines) is 1. The maximum absolute atomic E-state index is 12.4. The van der Waals surface area contributed by atoms with Gasteiger partial charge < -0.3 is 14.6 Å². The van der Waals surface area contributed by atoms with Gasteiger partial charge in [0.1, 0.15) is 11.5 Å². The van der Waals surface area contributed by atoms with E-state index in [9.17, 15) is 5.11 Å². The third kappa shape index (κ3) is 1.82. The van der Waals surface area contributed by atoms with E-state index in [0.29, 0.717) is 6.42 Å². The Morgan fingerprint density at radius 3 is 2.85 bits per heavy atom. The predicted molar refractivity (Wildman–Crippen MR) is 103 cm³/mol. The van der Waals surface area contributed by atoms with Crippen LogP contribution in [-0.4, -0.2) is 48.0 Å². The van der Waals surface area contributed by atoms with Crippen LogP contribution < -0.4 is 4.74 Å². The first-order valence-corrected chi connectivity index (χ1v) is 10.5. The van der Waals surface area contributed by atoms with E-state index in [1.54, 1.807) is 7.11 Å². The summed E-state index contributed by atoms with van der Waals surface area (Å²) in [5.41, 5.74) is 3.85. The molecule has 6 rings (SSSR count). The van der Waals surface area contributed by atoms with Gasteiger partial charge in [0, 0.05) is 24.6 Å². The second-order valence-corrected chi connectivity index (χ2v) is 9.57. The van der Waals surface area contributed by atoms with E-state index < -0.39 is 5.60 Å². The number of aryl methyl sites for hydroxylation is 1. The van der Waals surface area contributed by atoms with Crippen molar-refractivity contribution in [1.29, 1.82) is 0 Å². The van der Waals surface area contributed by atoms with Crippen LogP contribution in [0.1, 0.15) is 49.3 Å². The van der Waals surface area contributed by atoms with E-state index in [4.69, 9.17) is 9.47 Å². The number of hydrogen-bond donors (Lipinski definition) is 1. The molecule has 27 heavy (non-hydrogen) atoms. The molecule has 0 amide bonds. The first kappa shape index (κ1) is 16.4. The molecular weight excluding hydrogens is 338 g/mol. The van der Waals surface area contributed by atoms with Gasteiger partial charge in [-0.25, -0.2) is 0 Å². The van der Waals surface area contributed by atoms with Crippen LogP contribution in [0.3, 0.4) is 0 Å². The summed E-state index contributed by atoms with van der Waals surface area (Å²) in [6, 6.07) is 4.65. The van der Waals surface area contributed by atoms with Crippen LogP contribution in [0.2, 0.25) is 0 Å². The molecule has 1 saturated heterocycles. The fourth-order valence-electron chi connectivity index (χ4n) is 6.79. The number of nitrogens with zero attached hydrogens (tertiary/aromatic N) is 1. The third-order valence-corrected chi connectivity index (χ3v) is 8.14. The van der Waals surface area contributed by atoms with E-state index in [1.807, 2.05) is 0 Å². The van der Waals surface area contributed by atoms with E-state index in [0.717, 1.165) is 48.9 Å². The Bertz CT molecular complexity index is 873. The highest BCUT2D eigenvalue weighted by molar-refractivity contribution is 5.62. The molecule has 0 radical (unpaired) electrons. The molecule has 1 aromatic carbocycles. The fraction of sp³-hybridized carbons (Fsp3) is 0.652. The summed E-state index contributed by atoms with van der Waals surface area (Å²) in [7, 11) is 1.75. The molecule has 4 nitrogen and oxygen atoms in total. The standard InChI is InChI=1S/C23H29NO3/c1-13-4-7-16-10-17-23(25)11-14(2)20(26-3)21-22(23,18(16)19(13)27-21)8-9-24(17)12-15-5-6-15/h4,7,15,17,21,25H,5-6,8-12H2,1-3H3/t17-,21+,22+,23-/m1/s1. The van der Waals surface area contributed by atoms with Crippen molar-refractivity contribution >= 4 is 0 Å². The number of aliphatic hydroxyl groups is 1. The lowest BCUT2D eigenvalue weighted by atomic mass is 9.49. The Morgan fingerprint density at radius 1 is 1.30 bits per heavy atom. The SMILES string of the molecule is COC1=C(C)C[C@@]2(O)[C@H]3Cc4ccc(C)c5c4[C@@]2(CCN3CC2CC2)[C@H]1O5. The largest absolute Gasteiger partial charge is 0.497 e. The molecular formula is C23H29NO3. The van der Waals surface area contributed by atoms with Crippen LogP contribution in [0, 0.1) is 12.8 Å². The fourth-order valence-corrected chi connectivity index (χ4v) is 6.79. The minimum atomic E-state index is -0.775. The van der Waals surface area contributed by atoms with Crippen molar-refractivity contribution in [3.63, 3.8) is 0 Å². The van der Waals surface area contributed by atoms with Crippen molar-refractivity contribution in [2.24, 2.45) is 5.92 Å². The Labute approximate surface area is 161 Å². The average Bonchev–Trinajstić information content (AvgIpc) is 3.37. The van der Waals surface area contributed by atoms with Gasteiger partial charge in [0.25, 0.3) is 0 Å². The van der Waals surface area contributed by atoms with Gasteiger partial charge in [-0.1, -0.05) is 12.1 Å². The van der Waals surface area contributed by atoms with Gasteiger partial charge in [-0.2, -0.15) is 0 Å². The lowest BCUT2D eigenvalue weighted by Crippen LogP contribution is -2.75. The van der Waals surface area contributed by atoms with Crippen LogP contribution in [-0.2, 0) is 16.6 Å². The summed E-state index contributed by atoms with van der Waals surface area (Å²) in [6.45, 7) is 6.42. The monoisotopic (exact) mass is 367 g/mol. The normalized spacial score (nSPS) is 39.3. The van der Waals surface area contributed by atoms with Gasteiger partial charge in [0.05, 0.1) is 18.1 Å². The molecule has 5 aliphatic rings. The zero-order valence-corrected chi connectivity index (χ0v) is 16.5. The molecule has 1 spiro atoms. The Balaban J connectivity index is 1.60. The highest BCUT2D eigenvalue weighted by atomic mass is 16.5. The molecule has 4 atom stereocenters. The van der Waals surface area contributed by atoms with Crippen LogP contribution in [0.5, 0.6) is 5.75 Å². The van der Waals surface area contributed by atoms with Crippen molar-refractivity contribution in [2.45, 2.75) is 69.1 Å². The summed E-state index contributed by atoms with van der Waals surface area (Å²) >= 11 is 0. The summed E-state index contributed by atoms with van der Waals surface area (Å²) in [6.07, 6.45) is 5.08. The van der Waals surface area contributed by atoms with Crippen molar-refractivity contribution in [2.75, 3.05) is 20.2 Å². The third-order valence-electron chi connectivity index (χ3n) is 8.14. The average molecular weight is 367 g/mol. The molecule has 4 heteroatoms. The van der Waals surface area contributed by atoms with Crippen molar-refractivity contribution in [3.05, 3.63) is 40.2 Å². The van der Waals surface area contributed by atoms with E-state index in [2.05, 4.69) is 30.9 Å². The maximum Gasteiger partial charge on any atom is 0.168 e. The molecule has 0 aromatic heterocycles. The Kier molecular flexibility index (Phi) is 3.10. The van der Waals surface area contributed by atoms with Gasteiger partial charge >= 0.3 is 0 Å². The molecule has 1 saturated carbocycles. The molecule has 1 N–H and O–H groups in total. The highest BCUT2D eigenvalue weighted by Gasteiger charge is 2.72.